The zero-order chi connectivity index (χ0) is 27.6. The first-order chi connectivity index (χ1) is 18.5. The maximum absolute atomic E-state index is 13.8. The highest BCUT2D eigenvalue weighted by Crippen LogP contribution is 2.37. The monoisotopic (exact) mass is 530 g/mol. The highest BCUT2D eigenvalue weighted by atomic mass is 16.4. The van der Waals surface area contributed by atoms with E-state index >= 15 is 0 Å². The molecular formula is C28H34N8O3. The largest absolute Gasteiger partial charge is 0.465 e. The SMILES string of the molecule is CC(C)N(C)c1cc2c(c(CN(C(=O)O)C3CC3)n1)CN(c1cccc(-c3nnc4n3C(C)(C)CC4)n1)C2=O. The van der Waals surface area contributed by atoms with Gasteiger partial charge in [-0.25, -0.2) is 14.8 Å². The summed E-state index contributed by atoms with van der Waals surface area (Å²) in [5.41, 5.74) is 2.47. The quantitative estimate of drug-likeness (QED) is 0.485. The average molecular weight is 531 g/mol. The van der Waals surface area contributed by atoms with E-state index in [1.165, 1.54) is 4.90 Å². The molecule has 11 heteroatoms. The van der Waals surface area contributed by atoms with Crippen molar-refractivity contribution in [2.45, 2.75) is 84.1 Å². The number of nitrogens with zero attached hydrogens (tertiary/aromatic N) is 8. The Kier molecular flexibility index (Phi) is 5.85. The topological polar surface area (TPSA) is 121 Å². The second kappa shape index (κ2) is 9.03. The molecule has 0 radical (unpaired) electrons. The van der Waals surface area contributed by atoms with Crippen LogP contribution in [0, 0.1) is 0 Å². The molecule has 0 atom stereocenters. The van der Waals surface area contributed by atoms with Crippen LogP contribution in [0.4, 0.5) is 16.4 Å². The molecule has 1 fully saturated rings. The van der Waals surface area contributed by atoms with Crippen LogP contribution in [0.5, 0.6) is 0 Å². The van der Waals surface area contributed by atoms with Crippen LogP contribution < -0.4 is 9.80 Å². The predicted molar refractivity (Wildman–Crippen MR) is 146 cm³/mol. The molecule has 1 aliphatic carbocycles. The van der Waals surface area contributed by atoms with Gasteiger partial charge in [-0.3, -0.25) is 14.6 Å². The third kappa shape index (κ3) is 4.29. The molecule has 2 aliphatic heterocycles. The second-order valence-corrected chi connectivity index (χ2v) is 11.7. The zero-order valence-corrected chi connectivity index (χ0v) is 23.0. The number of carbonyl (C=O) groups excluding carboxylic acids is 1. The summed E-state index contributed by atoms with van der Waals surface area (Å²) in [5, 5.41) is 18.7. The number of aromatic nitrogens is 5. The Balaban J connectivity index is 1.38. The number of fused-ring (bicyclic) bond motifs is 2. The number of anilines is 2. The van der Waals surface area contributed by atoms with Crippen LogP contribution >= 0.6 is 0 Å². The van der Waals surface area contributed by atoms with Gasteiger partial charge < -0.3 is 14.6 Å². The second-order valence-electron chi connectivity index (χ2n) is 11.7. The minimum absolute atomic E-state index is 0.00660. The minimum Gasteiger partial charge on any atom is -0.465 e. The maximum atomic E-state index is 13.8. The van der Waals surface area contributed by atoms with Crippen molar-refractivity contribution in [2.75, 3.05) is 16.8 Å². The molecule has 11 nitrogen and oxygen atoms in total. The van der Waals surface area contributed by atoms with Crippen molar-refractivity contribution in [1.82, 2.24) is 29.6 Å². The summed E-state index contributed by atoms with van der Waals surface area (Å²) in [6.07, 6.45) is 2.60. The van der Waals surface area contributed by atoms with Gasteiger partial charge in [0, 0.05) is 36.7 Å². The van der Waals surface area contributed by atoms with Gasteiger partial charge in [0.1, 0.15) is 23.2 Å². The van der Waals surface area contributed by atoms with Crippen molar-refractivity contribution in [1.29, 1.82) is 0 Å². The van der Waals surface area contributed by atoms with Crippen LogP contribution in [-0.2, 0) is 25.0 Å². The fourth-order valence-corrected chi connectivity index (χ4v) is 5.52. The molecule has 2 amide bonds. The summed E-state index contributed by atoms with van der Waals surface area (Å²) in [6, 6.07) is 7.58. The number of carboxylic acid groups (broad SMARTS) is 1. The van der Waals surface area contributed by atoms with E-state index in [9.17, 15) is 14.7 Å². The van der Waals surface area contributed by atoms with E-state index in [0.717, 1.165) is 37.1 Å². The van der Waals surface area contributed by atoms with Crippen molar-refractivity contribution in [3.05, 3.63) is 46.9 Å². The maximum Gasteiger partial charge on any atom is 0.407 e. The molecule has 3 aromatic heterocycles. The zero-order valence-electron chi connectivity index (χ0n) is 23.0. The van der Waals surface area contributed by atoms with Crippen LogP contribution in [0.3, 0.4) is 0 Å². The van der Waals surface area contributed by atoms with E-state index in [1.807, 2.05) is 50.1 Å². The molecule has 39 heavy (non-hydrogen) atoms. The lowest BCUT2D eigenvalue weighted by Gasteiger charge is -2.25. The molecule has 0 spiro atoms. The third-order valence-corrected chi connectivity index (χ3v) is 8.21. The van der Waals surface area contributed by atoms with Gasteiger partial charge >= 0.3 is 6.09 Å². The van der Waals surface area contributed by atoms with Gasteiger partial charge in [-0.1, -0.05) is 6.07 Å². The third-order valence-electron chi connectivity index (χ3n) is 8.21. The van der Waals surface area contributed by atoms with Crippen LogP contribution in [0.25, 0.3) is 11.5 Å². The lowest BCUT2D eigenvalue weighted by Crippen LogP contribution is -2.32. The average Bonchev–Trinajstić information content (AvgIpc) is 3.44. The number of carbonyl (C=O) groups is 2. The van der Waals surface area contributed by atoms with E-state index in [1.54, 1.807) is 4.90 Å². The van der Waals surface area contributed by atoms with Gasteiger partial charge in [0.15, 0.2) is 5.82 Å². The van der Waals surface area contributed by atoms with Gasteiger partial charge in [0.2, 0.25) is 0 Å². The van der Waals surface area contributed by atoms with Gasteiger partial charge in [0.05, 0.1) is 24.3 Å². The number of hydrogen-bond acceptors (Lipinski definition) is 7. The van der Waals surface area contributed by atoms with Crippen molar-refractivity contribution < 1.29 is 14.7 Å². The standard InChI is InChI=1S/C28H34N8O3/c1-16(2)33(5)24-13-18-19(21(30-24)15-34(27(38)39)17-9-10-17)14-35(26(18)37)22-8-6-7-20(29-22)25-32-31-23-11-12-28(3,4)36(23)25/h6-8,13,16-17H,9-12,14-15H2,1-5H3,(H,38,39). The molecule has 0 bridgehead atoms. The Bertz CT molecular complexity index is 1480. The molecule has 1 saturated carbocycles. The van der Waals surface area contributed by atoms with Gasteiger partial charge in [-0.2, -0.15) is 0 Å². The first-order valence-electron chi connectivity index (χ1n) is 13.5. The van der Waals surface area contributed by atoms with Gasteiger partial charge in [-0.15, -0.1) is 10.2 Å². The summed E-state index contributed by atoms with van der Waals surface area (Å²) in [7, 11) is 1.93. The molecule has 0 saturated heterocycles. The minimum atomic E-state index is -0.963. The van der Waals surface area contributed by atoms with Gasteiger partial charge in [-0.05, 0) is 65.2 Å². The van der Waals surface area contributed by atoms with Crippen molar-refractivity contribution in [3.63, 3.8) is 0 Å². The lowest BCUT2D eigenvalue weighted by atomic mass is 10.0. The van der Waals surface area contributed by atoms with E-state index in [0.29, 0.717) is 34.4 Å². The van der Waals surface area contributed by atoms with Crippen molar-refractivity contribution in [3.8, 4) is 11.5 Å². The van der Waals surface area contributed by atoms with Crippen molar-refractivity contribution >= 4 is 23.6 Å². The molecule has 0 unspecified atom stereocenters. The van der Waals surface area contributed by atoms with Crippen molar-refractivity contribution in [2.24, 2.45) is 0 Å². The molecular weight excluding hydrogens is 496 g/mol. The first-order valence-corrected chi connectivity index (χ1v) is 13.5. The molecule has 1 N–H and O–H groups in total. The molecule has 3 aliphatic rings. The number of hydrogen-bond donors (Lipinski definition) is 1. The number of amides is 2. The Morgan fingerprint density at radius 2 is 1.97 bits per heavy atom. The Morgan fingerprint density at radius 1 is 1.21 bits per heavy atom. The predicted octanol–water partition coefficient (Wildman–Crippen LogP) is 4.06. The number of aryl methyl sites for hydroxylation is 1. The highest BCUT2D eigenvalue weighted by molar-refractivity contribution is 6.10. The molecule has 3 aromatic rings. The molecule has 0 aromatic carbocycles. The smallest absolute Gasteiger partial charge is 0.407 e. The van der Waals surface area contributed by atoms with E-state index in [2.05, 4.69) is 28.6 Å². The van der Waals surface area contributed by atoms with E-state index in [-0.39, 0.29) is 36.6 Å². The van der Waals surface area contributed by atoms with Crippen LogP contribution in [-0.4, -0.2) is 65.9 Å². The Morgan fingerprint density at radius 3 is 2.67 bits per heavy atom. The van der Waals surface area contributed by atoms with Crippen LogP contribution in [0.2, 0.25) is 0 Å². The molecule has 5 heterocycles. The van der Waals surface area contributed by atoms with E-state index in [4.69, 9.17) is 9.97 Å². The van der Waals surface area contributed by atoms with E-state index < -0.39 is 6.09 Å². The highest BCUT2D eigenvalue weighted by Gasteiger charge is 2.38. The first kappa shape index (κ1) is 25.3. The summed E-state index contributed by atoms with van der Waals surface area (Å²) in [5.74, 6) is 2.64. The Labute approximate surface area is 227 Å². The number of rotatable bonds is 7. The molecule has 204 valence electrons. The van der Waals surface area contributed by atoms with Crippen LogP contribution in [0.1, 0.15) is 74.4 Å². The Hall–Kier alpha value is -4.02. The normalized spacial score (nSPS) is 17.5. The molecule has 6 rings (SSSR count). The fourth-order valence-electron chi connectivity index (χ4n) is 5.52. The summed E-state index contributed by atoms with van der Waals surface area (Å²) in [4.78, 5) is 40.7. The van der Waals surface area contributed by atoms with Gasteiger partial charge in [0.25, 0.3) is 5.91 Å². The van der Waals surface area contributed by atoms with Crippen LogP contribution in [0.15, 0.2) is 24.3 Å². The summed E-state index contributed by atoms with van der Waals surface area (Å²) in [6.45, 7) is 8.87. The lowest BCUT2D eigenvalue weighted by molar-refractivity contribution is 0.0995. The summed E-state index contributed by atoms with van der Waals surface area (Å²) < 4.78 is 2.15. The fraction of sp³-hybridized carbons (Fsp3) is 0.500. The number of pyridine rings is 2. The summed E-state index contributed by atoms with van der Waals surface area (Å²) >= 11 is 0.